The van der Waals surface area contributed by atoms with Crippen molar-refractivity contribution in [2.24, 2.45) is 0 Å². The molecule has 2 rings (SSSR count). The fraction of sp³-hybridized carbons (Fsp3) is 0.273. The third-order valence-electron chi connectivity index (χ3n) is 2.14. The molecule has 0 saturated carbocycles. The van der Waals surface area contributed by atoms with Crippen molar-refractivity contribution >= 4 is 11.6 Å². The van der Waals surface area contributed by atoms with Crippen LogP contribution >= 0.6 is 11.6 Å². The first kappa shape index (κ1) is 11.0. The maximum Gasteiger partial charge on any atom is 0.223 e. The normalized spacial score (nSPS) is 10.4. The summed E-state index contributed by atoms with van der Waals surface area (Å²) >= 11 is 5.79. The van der Waals surface area contributed by atoms with Gasteiger partial charge in [-0.25, -0.2) is 4.98 Å². The summed E-state index contributed by atoms with van der Waals surface area (Å²) in [5.41, 5.74) is 0.869. The molecule has 0 bridgehead atoms. The quantitative estimate of drug-likeness (QED) is 0.768. The van der Waals surface area contributed by atoms with Crippen LogP contribution in [0.1, 0.15) is 12.5 Å². The molecule has 0 amide bonds. The molecule has 0 spiro atoms. The lowest BCUT2D eigenvalue weighted by Crippen LogP contribution is -1.93. The van der Waals surface area contributed by atoms with Gasteiger partial charge in [0, 0.05) is 18.3 Å². The number of aromatic nitrogens is 3. The van der Waals surface area contributed by atoms with Crippen LogP contribution in [0, 0.1) is 0 Å². The van der Waals surface area contributed by atoms with Crippen LogP contribution in [0.15, 0.2) is 30.7 Å². The maximum absolute atomic E-state index is 5.79. The molecule has 0 fully saturated rings. The van der Waals surface area contributed by atoms with Gasteiger partial charge in [0.15, 0.2) is 5.75 Å². The second-order valence-corrected chi connectivity index (χ2v) is 3.50. The van der Waals surface area contributed by atoms with Crippen molar-refractivity contribution in [1.82, 2.24) is 14.8 Å². The van der Waals surface area contributed by atoms with Crippen LogP contribution in [-0.4, -0.2) is 14.8 Å². The van der Waals surface area contributed by atoms with Gasteiger partial charge in [-0.3, -0.25) is 4.68 Å². The molecule has 0 aliphatic heterocycles. The van der Waals surface area contributed by atoms with E-state index in [4.69, 9.17) is 16.3 Å². The molecular formula is C11H12ClN3O. The van der Waals surface area contributed by atoms with E-state index in [2.05, 4.69) is 10.1 Å². The average molecular weight is 238 g/mol. The standard InChI is InChI=1S/C11H12ClN3O/c1-2-15-8-10(7-14-15)16-11-9(6-12)4-3-5-13-11/h3-5,7-8H,2,6H2,1H3. The van der Waals surface area contributed by atoms with Crippen molar-refractivity contribution in [2.75, 3.05) is 0 Å². The first-order chi connectivity index (χ1) is 7.83. The van der Waals surface area contributed by atoms with Crippen LogP contribution < -0.4 is 4.74 Å². The van der Waals surface area contributed by atoms with Crippen LogP contribution in [0.25, 0.3) is 0 Å². The highest BCUT2D eigenvalue weighted by Crippen LogP contribution is 2.23. The Hall–Kier alpha value is -1.55. The molecule has 2 aromatic rings. The molecule has 2 aromatic heterocycles. The van der Waals surface area contributed by atoms with E-state index in [-0.39, 0.29) is 0 Å². The predicted octanol–water partition coefficient (Wildman–Crippen LogP) is 2.83. The number of ether oxygens (including phenoxy) is 1. The highest BCUT2D eigenvalue weighted by Gasteiger charge is 2.06. The Morgan fingerprint density at radius 2 is 2.38 bits per heavy atom. The van der Waals surface area contributed by atoms with Crippen LogP contribution in [-0.2, 0) is 12.4 Å². The molecule has 0 aliphatic rings. The zero-order valence-corrected chi connectivity index (χ0v) is 9.68. The highest BCUT2D eigenvalue weighted by molar-refractivity contribution is 6.17. The van der Waals surface area contributed by atoms with Crippen molar-refractivity contribution < 1.29 is 4.74 Å². The minimum Gasteiger partial charge on any atom is -0.435 e. The number of aryl methyl sites for hydroxylation is 1. The van der Waals surface area contributed by atoms with E-state index in [0.29, 0.717) is 17.5 Å². The minimum absolute atomic E-state index is 0.380. The summed E-state index contributed by atoms with van der Waals surface area (Å²) in [5, 5.41) is 4.12. The van der Waals surface area contributed by atoms with Crippen molar-refractivity contribution in [3.63, 3.8) is 0 Å². The Balaban J connectivity index is 2.19. The number of halogens is 1. The van der Waals surface area contributed by atoms with E-state index in [1.807, 2.05) is 25.3 Å². The first-order valence-electron chi connectivity index (χ1n) is 5.03. The number of nitrogens with zero attached hydrogens (tertiary/aromatic N) is 3. The second kappa shape index (κ2) is 4.99. The lowest BCUT2D eigenvalue weighted by atomic mass is 10.3. The maximum atomic E-state index is 5.79. The Kier molecular flexibility index (Phi) is 3.41. The molecule has 0 saturated heterocycles. The smallest absolute Gasteiger partial charge is 0.223 e. The topological polar surface area (TPSA) is 39.9 Å². The average Bonchev–Trinajstić information content (AvgIpc) is 2.77. The Morgan fingerprint density at radius 3 is 3.06 bits per heavy atom. The highest BCUT2D eigenvalue weighted by atomic mass is 35.5. The van der Waals surface area contributed by atoms with Gasteiger partial charge in [0.25, 0.3) is 0 Å². The molecule has 0 unspecified atom stereocenters. The fourth-order valence-corrected chi connectivity index (χ4v) is 1.50. The number of alkyl halides is 1. The number of pyridine rings is 1. The van der Waals surface area contributed by atoms with Gasteiger partial charge in [0.1, 0.15) is 0 Å². The van der Waals surface area contributed by atoms with Gasteiger partial charge in [0.05, 0.1) is 18.3 Å². The summed E-state index contributed by atoms with van der Waals surface area (Å²) in [4.78, 5) is 4.14. The molecule has 0 N–H and O–H groups in total. The van der Waals surface area contributed by atoms with Crippen LogP contribution in [0.3, 0.4) is 0 Å². The molecule has 0 atom stereocenters. The summed E-state index contributed by atoms with van der Waals surface area (Å²) in [6.45, 7) is 2.83. The van der Waals surface area contributed by atoms with Crippen LogP contribution in [0.5, 0.6) is 11.6 Å². The summed E-state index contributed by atoms with van der Waals surface area (Å²) in [6.07, 6.45) is 5.17. The SMILES string of the molecule is CCn1cc(Oc2ncccc2CCl)cn1. The van der Waals surface area contributed by atoms with Gasteiger partial charge in [-0.2, -0.15) is 5.10 Å². The molecule has 4 nitrogen and oxygen atoms in total. The molecule has 5 heteroatoms. The zero-order chi connectivity index (χ0) is 11.4. The van der Waals surface area contributed by atoms with E-state index in [1.165, 1.54) is 0 Å². The minimum atomic E-state index is 0.380. The van der Waals surface area contributed by atoms with Gasteiger partial charge in [-0.05, 0) is 13.0 Å². The van der Waals surface area contributed by atoms with Gasteiger partial charge < -0.3 is 4.74 Å². The molecule has 2 heterocycles. The first-order valence-corrected chi connectivity index (χ1v) is 5.57. The van der Waals surface area contributed by atoms with Gasteiger partial charge in [-0.15, -0.1) is 11.6 Å². The lowest BCUT2D eigenvalue weighted by Gasteiger charge is -2.05. The van der Waals surface area contributed by atoms with Gasteiger partial charge >= 0.3 is 0 Å². The number of hydrogen-bond acceptors (Lipinski definition) is 3. The van der Waals surface area contributed by atoms with E-state index in [0.717, 1.165) is 12.1 Å². The fourth-order valence-electron chi connectivity index (χ4n) is 1.30. The molecular weight excluding hydrogens is 226 g/mol. The van der Waals surface area contributed by atoms with E-state index in [1.54, 1.807) is 17.1 Å². The number of rotatable bonds is 4. The third-order valence-corrected chi connectivity index (χ3v) is 2.43. The number of hydrogen-bond donors (Lipinski definition) is 0. The summed E-state index contributed by atoms with van der Waals surface area (Å²) < 4.78 is 7.39. The zero-order valence-electron chi connectivity index (χ0n) is 8.93. The molecule has 0 aromatic carbocycles. The molecule has 16 heavy (non-hydrogen) atoms. The Morgan fingerprint density at radius 1 is 1.50 bits per heavy atom. The largest absolute Gasteiger partial charge is 0.435 e. The summed E-state index contributed by atoms with van der Waals surface area (Å²) in [5.74, 6) is 1.59. The van der Waals surface area contributed by atoms with Crippen molar-refractivity contribution in [1.29, 1.82) is 0 Å². The monoisotopic (exact) mass is 237 g/mol. The second-order valence-electron chi connectivity index (χ2n) is 3.24. The van der Waals surface area contributed by atoms with E-state index in [9.17, 15) is 0 Å². The molecule has 0 aliphatic carbocycles. The van der Waals surface area contributed by atoms with E-state index < -0.39 is 0 Å². The van der Waals surface area contributed by atoms with Gasteiger partial charge in [0.2, 0.25) is 5.88 Å². The molecule has 84 valence electrons. The Labute approximate surface area is 98.8 Å². The van der Waals surface area contributed by atoms with Gasteiger partial charge in [-0.1, -0.05) is 6.07 Å². The van der Waals surface area contributed by atoms with Crippen LogP contribution in [0.4, 0.5) is 0 Å². The summed E-state index contributed by atoms with van der Waals surface area (Å²) in [7, 11) is 0. The Bertz CT molecular complexity index is 470. The van der Waals surface area contributed by atoms with Crippen molar-refractivity contribution in [3.8, 4) is 11.6 Å². The van der Waals surface area contributed by atoms with Crippen LogP contribution in [0.2, 0.25) is 0 Å². The molecule has 0 radical (unpaired) electrons. The lowest BCUT2D eigenvalue weighted by molar-refractivity contribution is 0.457. The van der Waals surface area contributed by atoms with Crippen molar-refractivity contribution in [3.05, 3.63) is 36.3 Å². The predicted molar refractivity (Wildman–Crippen MR) is 61.8 cm³/mol. The summed E-state index contributed by atoms with van der Waals surface area (Å²) in [6, 6.07) is 3.72. The van der Waals surface area contributed by atoms with E-state index >= 15 is 0 Å². The van der Waals surface area contributed by atoms with Crippen molar-refractivity contribution in [2.45, 2.75) is 19.3 Å². The third kappa shape index (κ3) is 2.33.